The zero-order chi connectivity index (χ0) is 10.7. The molecule has 2 N–H and O–H groups in total. The van der Waals surface area contributed by atoms with Crippen LogP contribution in [0, 0.1) is 6.92 Å². The maximum atomic E-state index is 9.92. The molecule has 2 aromatic rings. The summed E-state index contributed by atoms with van der Waals surface area (Å²) in [7, 11) is 0. The number of aromatic nitrogens is 2. The van der Waals surface area contributed by atoms with Crippen LogP contribution in [0.4, 0.5) is 0 Å². The summed E-state index contributed by atoms with van der Waals surface area (Å²) in [6.07, 6.45) is 3.35. The minimum absolute atomic E-state index is 0.506. The van der Waals surface area contributed by atoms with Crippen LogP contribution in [0.25, 0.3) is 0 Å². The molecule has 1 atom stereocenters. The van der Waals surface area contributed by atoms with Gasteiger partial charge in [0.2, 0.25) is 0 Å². The minimum Gasteiger partial charge on any atom is -0.386 e. The second-order valence-corrected chi connectivity index (χ2v) is 3.65. The van der Waals surface area contributed by atoms with Crippen molar-refractivity contribution in [2.75, 3.05) is 0 Å². The predicted molar refractivity (Wildman–Crippen MR) is 58.4 cm³/mol. The number of aromatic amines is 1. The van der Waals surface area contributed by atoms with E-state index in [0.29, 0.717) is 6.42 Å². The number of aryl methyl sites for hydroxylation is 1. The van der Waals surface area contributed by atoms with Crippen LogP contribution in [0.1, 0.15) is 22.9 Å². The van der Waals surface area contributed by atoms with E-state index in [4.69, 9.17) is 0 Å². The maximum Gasteiger partial charge on any atom is 0.0994 e. The van der Waals surface area contributed by atoms with Gasteiger partial charge >= 0.3 is 0 Å². The van der Waals surface area contributed by atoms with Crippen LogP contribution in [-0.4, -0.2) is 15.1 Å². The number of hydrogen-bond acceptors (Lipinski definition) is 2. The number of aliphatic hydroxyl groups is 1. The van der Waals surface area contributed by atoms with E-state index in [1.807, 2.05) is 18.2 Å². The molecule has 0 aliphatic carbocycles. The lowest BCUT2D eigenvalue weighted by Gasteiger charge is -2.10. The largest absolute Gasteiger partial charge is 0.386 e. The number of H-pyrrole nitrogens is 1. The fourth-order valence-corrected chi connectivity index (χ4v) is 1.61. The summed E-state index contributed by atoms with van der Waals surface area (Å²) in [5, 5.41) is 9.92. The van der Waals surface area contributed by atoms with Crippen molar-refractivity contribution in [2.45, 2.75) is 19.4 Å². The maximum absolute atomic E-state index is 9.92. The smallest absolute Gasteiger partial charge is 0.0994 e. The van der Waals surface area contributed by atoms with Crippen molar-refractivity contribution in [1.29, 1.82) is 0 Å². The monoisotopic (exact) mass is 202 g/mol. The van der Waals surface area contributed by atoms with Crippen LogP contribution in [0.5, 0.6) is 0 Å². The topological polar surface area (TPSA) is 48.9 Å². The van der Waals surface area contributed by atoms with E-state index in [-0.39, 0.29) is 0 Å². The quantitative estimate of drug-likeness (QED) is 0.799. The Kier molecular flexibility index (Phi) is 2.83. The van der Waals surface area contributed by atoms with Gasteiger partial charge in [0.25, 0.3) is 0 Å². The van der Waals surface area contributed by atoms with Crippen molar-refractivity contribution >= 4 is 0 Å². The van der Waals surface area contributed by atoms with Gasteiger partial charge < -0.3 is 10.1 Å². The number of rotatable bonds is 3. The molecule has 1 unspecified atom stereocenters. The molecule has 0 aliphatic rings. The minimum atomic E-state index is -0.506. The molecular weight excluding hydrogens is 188 g/mol. The summed E-state index contributed by atoms with van der Waals surface area (Å²) < 4.78 is 0. The van der Waals surface area contributed by atoms with Crippen molar-refractivity contribution in [2.24, 2.45) is 0 Å². The summed E-state index contributed by atoms with van der Waals surface area (Å²) >= 11 is 0. The van der Waals surface area contributed by atoms with E-state index in [1.54, 1.807) is 12.5 Å². The van der Waals surface area contributed by atoms with Gasteiger partial charge in [-0.05, 0) is 18.1 Å². The predicted octanol–water partition coefficient (Wildman–Crippen LogP) is 1.99. The van der Waals surface area contributed by atoms with Gasteiger partial charge in [0.15, 0.2) is 0 Å². The molecule has 0 saturated heterocycles. The third kappa shape index (κ3) is 2.25. The van der Waals surface area contributed by atoms with Crippen molar-refractivity contribution in [3.05, 3.63) is 53.6 Å². The fourth-order valence-electron chi connectivity index (χ4n) is 1.61. The van der Waals surface area contributed by atoms with Gasteiger partial charge in [0.1, 0.15) is 0 Å². The first-order valence-electron chi connectivity index (χ1n) is 4.98. The summed E-state index contributed by atoms with van der Waals surface area (Å²) in [4.78, 5) is 6.81. The van der Waals surface area contributed by atoms with Crippen LogP contribution in [0.2, 0.25) is 0 Å². The van der Waals surface area contributed by atoms with E-state index in [9.17, 15) is 5.11 Å². The average molecular weight is 202 g/mol. The van der Waals surface area contributed by atoms with Gasteiger partial charge in [-0.3, -0.25) is 0 Å². The molecule has 0 fully saturated rings. The summed E-state index contributed by atoms with van der Waals surface area (Å²) in [6, 6.07) is 8.08. The highest BCUT2D eigenvalue weighted by Crippen LogP contribution is 2.17. The van der Waals surface area contributed by atoms with E-state index in [1.165, 1.54) is 11.1 Å². The Morgan fingerprint density at radius 1 is 1.40 bits per heavy atom. The molecule has 2 rings (SSSR count). The number of nitrogens with zero attached hydrogens (tertiary/aromatic N) is 1. The highest BCUT2D eigenvalue weighted by Gasteiger charge is 2.10. The lowest BCUT2D eigenvalue weighted by atomic mass is 10.0. The number of imidazole rings is 1. The first-order valence-corrected chi connectivity index (χ1v) is 4.98. The Morgan fingerprint density at radius 2 is 2.20 bits per heavy atom. The number of hydrogen-bond donors (Lipinski definition) is 2. The molecule has 0 saturated carbocycles. The lowest BCUT2D eigenvalue weighted by Crippen LogP contribution is -2.03. The third-order valence-electron chi connectivity index (χ3n) is 2.55. The van der Waals surface area contributed by atoms with Gasteiger partial charge in [-0.1, -0.05) is 24.3 Å². The standard InChI is InChI=1S/C12H14N2O/c1-9-4-2-3-5-10(9)6-12(15)11-7-13-8-14-11/h2-5,7-8,12,15H,6H2,1H3,(H,13,14). The van der Waals surface area contributed by atoms with E-state index >= 15 is 0 Å². The molecule has 0 aliphatic heterocycles. The molecule has 1 aromatic heterocycles. The van der Waals surface area contributed by atoms with Crippen LogP contribution in [0.15, 0.2) is 36.8 Å². The van der Waals surface area contributed by atoms with E-state index in [2.05, 4.69) is 23.0 Å². The zero-order valence-corrected chi connectivity index (χ0v) is 8.64. The van der Waals surface area contributed by atoms with Crippen molar-refractivity contribution in [3.8, 4) is 0 Å². The summed E-state index contributed by atoms with van der Waals surface area (Å²) in [5.74, 6) is 0. The Morgan fingerprint density at radius 3 is 2.87 bits per heavy atom. The second kappa shape index (κ2) is 4.28. The first-order chi connectivity index (χ1) is 7.27. The fraction of sp³-hybridized carbons (Fsp3) is 0.250. The molecule has 1 heterocycles. The number of aliphatic hydroxyl groups excluding tert-OH is 1. The van der Waals surface area contributed by atoms with Gasteiger partial charge in [0.05, 0.1) is 24.3 Å². The van der Waals surface area contributed by atoms with Crippen molar-refractivity contribution in [3.63, 3.8) is 0 Å². The summed E-state index contributed by atoms with van der Waals surface area (Å²) in [5.41, 5.74) is 3.13. The van der Waals surface area contributed by atoms with Gasteiger partial charge in [-0.2, -0.15) is 0 Å². The second-order valence-electron chi connectivity index (χ2n) is 3.65. The van der Waals surface area contributed by atoms with E-state index < -0.39 is 6.10 Å². The molecule has 3 heteroatoms. The first kappa shape index (κ1) is 9.93. The van der Waals surface area contributed by atoms with Crippen LogP contribution < -0.4 is 0 Å². The Hall–Kier alpha value is -1.61. The Balaban J connectivity index is 2.13. The SMILES string of the molecule is Cc1ccccc1CC(O)c1cnc[nH]1. The van der Waals surface area contributed by atoms with Gasteiger partial charge in [-0.15, -0.1) is 0 Å². The van der Waals surface area contributed by atoms with Crippen LogP contribution >= 0.6 is 0 Å². The van der Waals surface area contributed by atoms with Crippen LogP contribution in [-0.2, 0) is 6.42 Å². The average Bonchev–Trinajstić information content (AvgIpc) is 2.74. The van der Waals surface area contributed by atoms with E-state index in [0.717, 1.165) is 5.69 Å². The van der Waals surface area contributed by atoms with Crippen molar-refractivity contribution < 1.29 is 5.11 Å². The Bertz CT molecular complexity index is 423. The van der Waals surface area contributed by atoms with Crippen molar-refractivity contribution in [1.82, 2.24) is 9.97 Å². The molecule has 78 valence electrons. The molecule has 1 aromatic carbocycles. The normalized spacial score (nSPS) is 12.7. The zero-order valence-electron chi connectivity index (χ0n) is 8.64. The molecule has 0 amide bonds. The highest BCUT2D eigenvalue weighted by atomic mass is 16.3. The molecule has 0 spiro atoms. The molecule has 0 bridgehead atoms. The van der Waals surface area contributed by atoms with Gasteiger partial charge in [-0.25, -0.2) is 4.98 Å². The lowest BCUT2D eigenvalue weighted by molar-refractivity contribution is 0.174. The van der Waals surface area contributed by atoms with Crippen LogP contribution in [0.3, 0.4) is 0 Å². The third-order valence-corrected chi connectivity index (χ3v) is 2.55. The number of nitrogens with one attached hydrogen (secondary N) is 1. The highest BCUT2D eigenvalue weighted by molar-refractivity contribution is 5.26. The number of benzene rings is 1. The Labute approximate surface area is 88.8 Å². The molecule has 3 nitrogen and oxygen atoms in total. The van der Waals surface area contributed by atoms with Gasteiger partial charge in [0, 0.05) is 6.42 Å². The summed E-state index contributed by atoms with van der Waals surface area (Å²) in [6.45, 7) is 2.05. The molecular formula is C12H14N2O. The molecule has 15 heavy (non-hydrogen) atoms. The molecule has 0 radical (unpaired) electrons.